The number of rotatable bonds is 14. The zero-order valence-corrected chi connectivity index (χ0v) is 29.8. The number of nitrogens with zero attached hydrogens (tertiary/aromatic N) is 1. The minimum absolute atomic E-state index is 0.0881. The summed E-state index contributed by atoms with van der Waals surface area (Å²) in [7, 11) is -1.82. The van der Waals surface area contributed by atoms with Gasteiger partial charge in [0.15, 0.2) is 0 Å². The van der Waals surface area contributed by atoms with E-state index in [0.29, 0.717) is 24.3 Å². The summed E-state index contributed by atoms with van der Waals surface area (Å²) in [5, 5.41) is 10.9. The Morgan fingerprint density at radius 1 is 0.827 bits per heavy atom. The number of carboxylic acid groups (broad SMARTS) is 1. The number of halogens is 4. The number of hydrogen-bond acceptors (Lipinski definition) is 2. The molecule has 0 saturated carbocycles. The SMILES string of the molecule is [NH3+]c1cccc(C(F)(F)F)c1CS(=O)NCCc1c(CCCc2ccc(C(=O)O)cc2)c2cc(Cl)ccc2n1C(c1ccccc1)c1ccccc1. The highest BCUT2D eigenvalue weighted by Crippen LogP contribution is 2.38. The van der Waals surface area contributed by atoms with Crippen LogP contribution in [0.1, 0.15) is 61.9 Å². The van der Waals surface area contributed by atoms with Gasteiger partial charge in [-0.15, -0.1) is 0 Å². The first-order valence-electron chi connectivity index (χ1n) is 16.9. The predicted octanol–water partition coefficient (Wildman–Crippen LogP) is 8.69. The molecule has 0 amide bonds. The first kappa shape index (κ1) is 37.0. The summed E-state index contributed by atoms with van der Waals surface area (Å²) in [6.45, 7) is 0.233. The van der Waals surface area contributed by atoms with Crippen molar-refractivity contribution in [1.29, 1.82) is 0 Å². The van der Waals surface area contributed by atoms with Gasteiger partial charge >= 0.3 is 12.1 Å². The monoisotopic (exact) mass is 744 g/mol. The number of benzene rings is 5. The number of nitrogens with one attached hydrogen (secondary N) is 1. The second-order valence-electron chi connectivity index (χ2n) is 12.6. The number of carboxylic acids is 1. The Morgan fingerprint density at radius 3 is 2.10 bits per heavy atom. The summed E-state index contributed by atoms with van der Waals surface area (Å²) in [5.41, 5.74) is 9.45. The number of aromatic carboxylic acids is 1. The van der Waals surface area contributed by atoms with Crippen LogP contribution in [0.2, 0.25) is 5.02 Å². The van der Waals surface area contributed by atoms with Gasteiger partial charge in [-0.2, -0.15) is 13.2 Å². The third kappa shape index (κ3) is 8.48. The Bertz CT molecular complexity index is 2150. The summed E-state index contributed by atoms with van der Waals surface area (Å²) in [6, 6.07) is 36.6. The van der Waals surface area contributed by atoms with Gasteiger partial charge in [0.1, 0.15) is 5.69 Å². The highest BCUT2D eigenvalue weighted by atomic mass is 35.5. The topological polar surface area (TPSA) is 99.0 Å². The van der Waals surface area contributed by atoms with Crippen molar-refractivity contribution in [2.24, 2.45) is 0 Å². The van der Waals surface area contributed by atoms with Crippen molar-refractivity contribution in [3.63, 3.8) is 0 Å². The van der Waals surface area contributed by atoms with Crippen LogP contribution in [0, 0.1) is 0 Å². The van der Waals surface area contributed by atoms with E-state index in [4.69, 9.17) is 11.6 Å². The summed E-state index contributed by atoms with van der Waals surface area (Å²) in [5.74, 6) is -1.31. The zero-order chi connectivity index (χ0) is 36.8. The van der Waals surface area contributed by atoms with Gasteiger partial charge < -0.3 is 15.4 Å². The van der Waals surface area contributed by atoms with Crippen LogP contribution in [-0.4, -0.2) is 26.4 Å². The fourth-order valence-electron chi connectivity index (χ4n) is 6.83. The van der Waals surface area contributed by atoms with Gasteiger partial charge in [0.2, 0.25) is 0 Å². The Hall–Kier alpha value is -4.74. The molecule has 6 aromatic rings. The van der Waals surface area contributed by atoms with Crippen LogP contribution in [0.3, 0.4) is 0 Å². The molecule has 268 valence electrons. The standard InChI is InChI=1S/C41H37ClF3N3O3S/c42-31-21-22-37-33(25-31)32(14-7-9-27-17-19-30(20-18-27)40(49)50)38(48(37)39(28-10-3-1-4-11-28)29-12-5-2-6-13-29)23-24-47-52(51)26-34-35(41(43,44)45)15-8-16-36(34)46/h1-6,8,10-13,15-22,25,39,47H,7,9,14,23-24,26,46H2,(H,49,50)/p+1. The molecule has 1 unspecified atom stereocenters. The Kier molecular flexibility index (Phi) is 11.6. The second-order valence-corrected chi connectivity index (χ2v) is 14.3. The summed E-state index contributed by atoms with van der Waals surface area (Å²) in [4.78, 5) is 11.4. The van der Waals surface area contributed by atoms with Gasteiger partial charge in [0.25, 0.3) is 0 Å². The smallest absolute Gasteiger partial charge is 0.416 e. The van der Waals surface area contributed by atoms with E-state index in [2.05, 4.69) is 39.3 Å². The van der Waals surface area contributed by atoms with Crippen molar-refractivity contribution >= 4 is 45.1 Å². The predicted molar refractivity (Wildman–Crippen MR) is 200 cm³/mol. The van der Waals surface area contributed by atoms with Crippen molar-refractivity contribution in [1.82, 2.24) is 9.29 Å². The van der Waals surface area contributed by atoms with Crippen LogP contribution in [-0.2, 0) is 42.2 Å². The third-order valence-electron chi connectivity index (χ3n) is 9.24. The number of quaternary nitrogens is 1. The van der Waals surface area contributed by atoms with Crippen LogP contribution in [0.25, 0.3) is 10.9 Å². The second kappa shape index (κ2) is 16.3. The molecule has 52 heavy (non-hydrogen) atoms. The molecular formula is C41H38ClF3N3O3S+. The first-order valence-corrected chi connectivity index (χ1v) is 18.6. The van der Waals surface area contributed by atoms with Gasteiger partial charge in [0, 0.05) is 40.1 Å². The van der Waals surface area contributed by atoms with E-state index >= 15 is 0 Å². The van der Waals surface area contributed by atoms with E-state index in [1.54, 1.807) is 12.1 Å². The maximum Gasteiger partial charge on any atom is 0.416 e. The number of carbonyl (C=O) groups is 1. The van der Waals surface area contributed by atoms with E-state index in [9.17, 15) is 27.3 Å². The van der Waals surface area contributed by atoms with Gasteiger partial charge in [-0.1, -0.05) is 90.5 Å². The molecule has 0 bridgehead atoms. The molecule has 6 nitrogen and oxygen atoms in total. The lowest BCUT2D eigenvalue weighted by molar-refractivity contribution is -0.256. The quantitative estimate of drug-likeness (QED) is 0.104. The number of aryl methyl sites for hydroxylation is 2. The van der Waals surface area contributed by atoms with Crippen LogP contribution < -0.4 is 10.5 Å². The number of aromatic nitrogens is 1. The molecular weight excluding hydrogens is 707 g/mol. The zero-order valence-electron chi connectivity index (χ0n) is 28.2. The van der Waals surface area contributed by atoms with Crippen molar-refractivity contribution in [2.75, 3.05) is 6.54 Å². The summed E-state index contributed by atoms with van der Waals surface area (Å²) >= 11 is 6.62. The largest absolute Gasteiger partial charge is 0.478 e. The van der Waals surface area contributed by atoms with Crippen molar-refractivity contribution in [2.45, 2.75) is 43.7 Å². The average molecular weight is 745 g/mol. The molecule has 1 heterocycles. The number of alkyl halides is 3. The van der Waals surface area contributed by atoms with Crippen molar-refractivity contribution in [3.05, 3.63) is 171 Å². The maximum atomic E-state index is 13.8. The van der Waals surface area contributed by atoms with E-state index < -0.39 is 28.7 Å². The Labute approximate surface area is 307 Å². The minimum Gasteiger partial charge on any atom is -0.478 e. The van der Waals surface area contributed by atoms with Gasteiger partial charge in [-0.3, -0.25) is 0 Å². The molecule has 5 aromatic carbocycles. The maximum absolute atomic E-state index is 13.8. The molecule has 0 fully saturated rings. The molecule has 0 spiro atoms. The molecule has 1 atom stereocenters. The Balaban J connectivity index is 1.38. The van der Waals surface area contributed by atoms with Crippen LogP contribution >= 0.6 is 11.6 Å². The first-order chi connectivity index (χ1) is 25.0. The normalized spacial score (nSPS) is 12.4. The van der Waals surface area contributed by atoms with E-state index in [-0.39, 0.29) is 35.2 Å². The van der Waals surface area contributed by atoms with E-state index in [1.165, 1.54) is 12.1 Å². The number of fused-ring (bicyclic) bond motifs is 1. The summed E-state index contributed by atoms with van der Waals surface area (Å²) < 4.78 is 60.1. The van der Waals surface area contributed by atoms with Crippen molar-refractivity contribution in [3.8, 4) is 0 Å². The van der Waals surface area contributed by atoms with E-state index in [1.807, 2.05) is 66.7 Å². The fourth-order valence-corrected chi connectivity index (χ4v) is 8.04. The van der Waals surface area contributed by atoms with E-state index in [0.717, 1.165) is 51.3 Å². The lowest BCUT2D eigenvalue weighted by Gasteiger charge is -2.25. The molecule has 5 N–H and O–H groups in total. The molecule has 1 aromatic heterocycles. The van der Waals surface area contributed by atoms with Gasteiger partial charge in [-0.05, 0) is 84.0 Å². The van der Waals surface area contributed by atoms with Crippen LogP contribution in [0.5, 0.6) is 0 Å². The molecule has 0 aliphatic heterocycles. The average Bonchev–Trinajstić information content (AvgIpc) is 3.41. The van der Waals surface area contributed by atoms with Crippen molar-refractivity contribution < 1.29 is 33.0 Å². The molecule has 0 aliphatic rings. The third-order valence-corrected chi connectivity index (χ3v) is 10.6. The molecule has 6 rings (SSSR count). The number of hydrogen-bond donors (Lipinski definition) is 3. The highest BCUT2D eigenvalue weighted by Gasteiger charge is 2.35. The minimum atomic E-state index is -4.59. The molecule has 0 saturated heterocycles. The summed E-state index contributed by atoms with van der Waals surface area (Å²) in [6.07, 6.45) is -2.03. The molecule has 0 aliphatic carbocycles. The van der Waals surface area contributed by atoms with Gasteiger partial charge in [-0.25, -0.2) is 13.7 Å². The molecule has 0 radical (unpaired) electrons. The van der Waals surface area contributed by atoms with Gasteiger partial charge in [0.05, 0.1) is 33.9 Å². The Morgan fingerprint density at radius 2 is 1.48 bits per heavy atom. The highest BCUT2D eigenvalue weighted by molar-refractivity contribution is 7.82. The lowest BCUT2D eigenvalue weighted by Crippen LogP contribution is -2.42. The van der Waals surface area contributed by atoms with Crippen LogP contribution in [0.15, 0.2) is 121 Å². The van der Waals surface area contributed by atoms with Crippen LogP contribution in [0.4, 0.5) is 18.9 Å². The lowest BCUT2D eigenvalue weighted by atomic mass is 9.97. The molecule has 11 heteroatoms. The fraction of sp³-hybridized carbons (Fsp3) is 0.195.